The second-order valence-corrected chi connectivity index (χ2v) is 7.19. The largest absolute Gasteiger partial charge is 0.281 e. The van der Waals surface area contributed by atoms with Crippen LogP contribution in [-0.4, -0.2) is 49.0 Å². The van der Waals surface area contributed by atoms with Gasteiger partial charge in [0.25, 0.3) is 0 Å². The van der Waals surface area contributed by atoms with Crippen LogP contribution in [0.25, 0.3) is 0 Å². The average molecular weight is 211 g/mol. The molecule has 0 saturated carbocycles. The van der Waals surface area contributed by atoms with Crippen LogP contribution in [0.5, 0.6) is 0 Å². The summed E-state index contributed by atoms with van der Waals surface area (Å²) in [5.74, 6) is 0. The molecule has 0 N–H and O–H groups in total. The fraction of sp³-hybridized carbons (Fsp3) is 0.667. The van der Waals surface area contributed by atoms with E-state index < -0.39 is 0 Å². The summed E-state index contributed by atoms with van der Waals surface area (Å²) >= 11 is 0. The molecular formula is C9H21B5N2. The summed E-state index contributed by atoms with van der Waals surface area (Å²) in [5, 5.41) is 4.73. The van der Waals surface area contributed by atoms with Crippen molar-refractivity contribution in [2.75, 3.05) is 0 Å². The average Bonchev–Trinajstić information content (AvgIpc) is 2.47. The van der Waals surface area contributed by atoms with Crippen LogP contribution in [0.2, 0.25) is 5.11 Å². The van der Waals surface area contributed by atoms with E-state index in [0.29, 0.717) is 0 Å². The second kappa shape index (κ2) is 3.78. The molecule has 0 spiro atoms. The van der Waals surface area contributed by atoms with Gasteiger partial charge >= 0.3 is 0 Å². The molecule has 1 aromatic heterocycles. The van der Waals surface area contributed by atoms with Crippen LogP contribution in [0.4, 0.5) is 0 Å². The lowest BCUT2D eigenvalue weighted by Gasteiger charge is -2.42. The van der Waals surface area contributed by atoms with E-state index in [9.17, 15) is 0 Å². The summed E-state index contributed by atoms with van der Waals surface area (Å²) in [7, 11) is 11.3. The van der Waals surface area contributed by atoms with Gasteiger partial charge in [-0.15, -0.1) is 5.11 Å². The Morgan fingerprint density at radius 1 is 1.06 bits per heavy atom. The van der Waals surface area contributed by atoms with E-state index in [1.807, 2.05) is 6.20 Å². The topological polar surface area (TPSA) is 17.8 Å². The van der Waals surface area contributed by atoms with Crippen LogP contribution in [0.1, 0.15) is 26.5 Å². The third-order valence-electron chi connectivity index (χ3n) is 3.78. The number of hydrogen-bond donors (Lipinski definition) is 0. The lowest BCUT2D eigenvalue weighted by molar-refractivity contribution is 0.445. The summed E-state index contributed by atoms with van der Waals surface area (Å²) in [6, 6.07) is 2.13. The highest BCUT2D eigenvalue weighted by Crippen LogP contribution is 2.33. The number of hydrogen-bond acceptors (Lipinski definition) is 1. The molecule has 0 amide bonds. The van der Waals surface area contributed by atoms with Crippen molar-refractivity contribution in [3.8, 4) is 0 Å². The van der Waals surface area contributed by atoms with Crippen LogP contribution >= 0.6 is 0 Å². The zero-order chi connectivity index (χ0) is 12.8. The molecule has 82 valence electrons. The van der Waals surface area contributed by atoms with E-state index in [2.05, 4.69) is 75.8 Å². The van der Waals surface area contributed by atoms with Gasteiger partial charge in [-0.05, 0) is 11.4 Å². The molecule has 1 aromatic rings. The number of aromatic nitrogens is 2. The maximum Gasteiger partial charge on any atom is 0.124 e. The molecule has 7 heteroatoms. The Balaban J connectivity index is 3.31. The maximum atomic E-state index is 4.54. The first-order valence-electron chi connectivity index (χ1n) is 6.03. The van der Waals surface area contributed by atoms with Gasteiger partial charge in [-0.25, -0.2) is 0 Å². The highest BCUT2D eigenvalue weighted by atomic mass is 15.3. The highest BCUT2D eigenvalue weighted by Gasteiger charge is 2.37. The van der Waals surface area contributed by atoms with Crippen LogP contribution in [0.15, 0.2) is 12.3 Å². The minimum absolute atomic E-state index is 0.0130. The molecule has 0 fully saturated rings. The molecule has 2 nitrogen and oxygen atoms in total. The SMILES string of the molecule is BC(B)(B)C(B)(B)n1nccc1C(C)(C)C. The van der Waals surface area contributed by atoms with Gasteiger partial charge in [0.2, 0.25) is 0 Å². The fourth-order valence-corrected chi connectivity index (χ4v) is 1.63. The minimum Gasteiger partial charge on any atom is -0.281 e. The predicted molar refractivity (Wildman–Crippen MR) is 84.3 cm³/mol. The predicted octanol–water partition coefficient (Wildman–Crippen LogP) is -2.97. The molecule has 16 heavy (non-hydrogen) atoms. The van der Waals surface area contributed by atoms with Crippen LogP contribution in [0.3, 0.4) is 0 Å². The van der Waals surface area contributed by atoms with E-state index in [0.717, 1.165) is 0 Å². The van der Waals surface area contributed by atoms with Crippen molar-refractivity contribution in [3.05, 3.63) is 18.0 Å². The van der Waals surface area contributed by atoms with Gasteiger partial charge in [-0.1, -0.05) is 20.8 Å². The molecule has 0 radical (unpaired) electrons. The third kappa shape index (κ3) is 2.28. The normalized spacial score (nSPS) is 13.9. The summed E-state index contributed by atoms with van der Waals surface area (Å²) in [4.78, 5) is 0. The second-order valence-electron chi connectivity index (χ2n) is 7.19. The van der Waals surface area contributed by atoms with E-state index in [1.54, 1.807) is 0 Å². The first kappa shape index (κ1) is 13.6. The molecule has 0 aliphatic rings. The molecule has 0 aliphatic heterocycles. The maximum absolute atomic E-state index is 4.54. The smallest absolute Gasteiger partial charge is 0.124 e. The minimum atomic E-state index is 0.0130. The summed E-state index contributed by atoms with van der Waals surface area (Å²) < 4.78 is 2.19. The summed E-state index contributed by atoms with van der Waals surface area (Å²) in [6.07, 6.45) is 1.91. The van der Waals surface area contributed by atoms with Crippen molar-refractivity contribution in [2.45, 2.75) is 36.6 Å². The van der Waals surface area contributed by atoms with Gasteiger partial charge in [-0.2, -0.15) is 5.10 Å². The van der Waals surface area contributed by atoms with Crippen molar-refractivity contribution >= 4 is 39.2 Å². The molecule has 0 saturated heterocycles. The van der Waals surface area contributed by atoms with Gasteiger partial charge in [0.05, 0.1) is 23.5 Å². The number of rotatable bonds is 2. The molecule has 0 unspecified atom stereocenters. The lowest BCUT2D eigenvalue weighted by Crippen LogP contribution is -2.50. The monoisotopic (exact) mass is 212 g/mol. The highest BCUT2D eigenvalue weighted by molar-refractivity contribution is 6.66. The first-order chi connectivity index (χ1) is 6.98. The summed E-state index contributed by atoms with van der Waals surface area (Å²) in [6.45, 7) is 6.71. The molecule has 0 atom stereocenters. The third-order valence-corrected chi connectivity index (χ3v) is 3.78. The quantitative estimate of drug-likeness (QED) is 0.478. The Labute approximate surface area is 104 Å². The van der Waals surface area contributed by atoms with Crippen LogP contribution < -0.4 is 0 Å². The Bertz CT molecular complexity index is 372. The number of nitrogens with zero attached hydrogens (tertiary/aromatic N) is 2. The van der Waals surface area contributed by atoms with E-state index in [1.165, 1.54) is 5.69 Å². The van der Waals surface area contributed by atoms with Crippen molar-refractivity contribution in [1.82, 2.24) is 9.78 Å². The van der Waals surface area contributed by atoms with E-state index >= 15 is 0 Å². The first-order valence-corrected chi connectivity index (χ1v) is 6.03. The van der Waals surface area contributed by atoms with Crippen LogP contribution in [-0.2, 0) is 10.8 Å². The molecule has 1 rings (SSSR count). The van der Waals surface area contributed by atoms with Gasteiger partial charge in [0.15, 0.2) is 0 Å². The Kier molecular flexibility index (Phi) is 3.21. The van der Waals surface area contributed by atoms with Crippen molar-refractivity contribution in [1.29, 1.82) is 0 Å². The fourth-order valence-electron chi connectivity index (χ4n) is 1.63. The summed E-state index contributed by atoms with van der Waals surface area (Å²) in [5.41, 5.74) is 1.44. The van der Waals surface area contributed by atoms with E-state index in [4.69, 9.17) is 0 Å². The zero-order valence-electron chi connectivity index (χ0n) is 12.0. The Morgan fingerprint density at radius 3 is 1.94 bits per heavy atom. The molecule has 0 aliphatic carbocycles. The lowest BCUT2D eigenvalue weighted by atomic mass is 9.26. The standard InChI is InChI=1S/C9H21B5N2/c1-7(2,3)6-4-5-15-16(6)9(13,14)8(10,11)12/h4-5H,10-14H2,1-3H3. The van der Waals surface area contributed by atoms with Crippen molar-refractivity contribution < 1.29 is 0 Å². The van der Waals surface area contributed by atoms with Gasteiger partial charge in [0, 0.05) is 17.3 Å². The van der Waals surface area contributed by atoms with Crippen molar-refractivity contribution in [2.24, 2.45) is 0 Å². The molecule has 0 bridgehead atoms. The van der Waals surface area contributed by atoms with Gasteiger partial charge in [0.1, 0.15) is 15.7 Å². The van der Waals surface area contributed by atoms with E-state index in [-0.39, 0.29) is 15.9 Å². The van der Waals surface area contributed by atoms with Gasteiger partial charge < -0.3 is 0 Å². The van der Waals surface area contributed by atoms with Gasteiger partial charge in [-0.3, -0.25) is 4.68 Å². The van der Waals surface area contributed by atoms with Crippen LogP contribution in [0, 0.1) is 0 Å². The Hall–Kier alpha value is -0.465. The zero-order valence-corrected chi connectivity index (χ0v) is 12.0. The molecular weight excluding hydrogens is 190 g/mol. The molecule has 1 heterocycles. The van der Waals surface area contributed by atoms with Crippen molar-refractivity contribution in [3.63, 3.8) is 0 Å². The Morgan fingerprint density at radius 2 is 1.56 bits per heavy atom. The molecule has 0 aromatic carbocycles.